The van der Waals surface area contributed by atoms with E-state index >= 15 is 0 Å². The minimum atomic E-state index is -0.409. The van der Waals surface area contributed by atoms with E-state index in [1.165, 1.54) is 5.69 Å². The van der Waals surface area contributed by atoms with Gasteiger partial charge in [-0.3, -0.25) is 14.4 Å². The second kappa shape index (κ2) is 5.95. The Morgan fingerprint density at radius 1 is 1.50 bits per heavy atom. The number of hydrogen-bond acceptors (Lipinski definition) is 4. The summed E-state index contributed by atoms with van der Waals surface area (Å²) in [5.41, 5.74) is 0.785. The molecule has 5 heteroatoms. The largest absolute Gasteiger partial charge is 0.459 e. The van der Waals surface area contributed by atoms with Gasteiger partial charge in [0.2, 0.25) is 0 Å². The number of nitrogens with zero attached hydrogens (tertiary/aromatic N) is 3. The first-order valence-electron chi connectivity index (χ1n) is 7.30. The normalized spacial score (nSPS) is 20.3. The molecule has 0 spiro atoms. The summed E-state index contributed by atoms with van der Waals surface area (Å²) in [6, 6.07) is 1.95. The van der Waals surface area contributed by atoms with Crippen LogP contribution in [0.15, 0.2) is 12.3 Å². The minimum absolute atomic E-state index is 0.0811. The molecule has 0 amide bonds. The summed E-state index contributed by atoms with van der Waals surface area (Å²) in [5.74, 6) is -0.0833. The van der Waals surface area contributed by atoms with Crippen molar-refractivity contribution in [1.82, 2.24) is 14.7 Å². The molecule has 1 saturated heterocycles. The second-order valence-corrected chi connectivity index (χ2v) is 6.42. The van der Waals surface area contributed by atoms with Gasteiger partial charge >= 0.3 is 5.97 Å². The zero-order valence-electron chi connectivity index (χ0n) is 12.9. The van der Waals surface area contributed by atoms with Crippen LogP contribution in [0.4, 0.5) is 0 Å². The van der Waals surface area contributed by atoms with Crippen molar-refractivity contribution in [3.63, 3.8) is 0 Å². The number of likely N-dealkylation sites (tertiary alicyclic amines) is 1. The molecule has 0 N–H and O–H groups in total. The van der Waals surface area contributed by atoms with Crippen LogP contribution in [-0.4, -0.2) is 45.4 Å². The average molecular weight is 279 g/mol. The van der Waals surface area contributed by atoms with Crippen LogP contribution in [0.5, 0.6) is 0 Å². The molecular formula is C15H25N3O2. The molecule has 1 aliphatic rings. The number of aromatic nitrogens is 2. The SMILES string of the molecule is Cn1nccc1CCN1CCC[C@H]1C(=O)OC(C)(C)C. The lowest BCUT2D eigenvalue weighted by Gasteiger charge is -2.27. The maximum Gasteiger partial charge on any atom is 0.323 e. The van der Waals surface area contributed by atoms with E-state index in [-0.39, 0.29) is 12.0 Å². The Morgan fingerprint density at radius 3 is 2.85 bits per heavy atom. The number of esters is 1. The van der Waals surface area contributed by atoms with Crippen LogP contribution >= 0.6 is 0 Å². The zero-order valence-corrected chi connectivity index (χ0v) is 12.9. The van der Waals surface area contributed by atoms with Crippen LogP contribution in [0, 0.1) is 0 Å². The van der Waals surface area contributed by atoms with Crippen LogP contribution in [-0.2, 0) is 23.0 Å². The lowest BCUT2D eigenvalue weighted by Crippen LogP contribution is -2.41. The van der Waals surface area contributed by atoms with Crippen molar-refractivity contribution in [2.45, 2.75) is 51.7 Å². The van der Waals surface area contributed by atoms with Crippen LogP contribution in [0.25, 0.3) is 0 Å². The molecule has 0 bridgehead atoms. The highest BCUT2D eigenvalue weighted by Crippen LogP contribution is 2.21. The second-order valence-electron chi connectivity index (χ2n) is 6.42. The Balaban J connectivity index is 1.91. The van der Waals surface area contributed by atoms with Gasteiger partial charge in [-0.15, -0.1) is 0 Å². The monoisotopic (exact) mass is 279 g/mol. The van der Waals surface area contributed by atoms with Gasteiger partial charge in [-0.05, 0) is 46.2 Å². The first-order valence-corrected chi connectivity index (χ1v) is 7.30. The lowest BCUT2D eigenvalue weighted by atomic mass is 10.1. The predicted molar refractivity (Wildman–Crippen MR) is 77.4 cm³/mol. The van der Waals surface area contributed by atoms with Gasteiger partial charge in [-0.2, -0.15) is 5.10 Å². The maximum atomic E-state index is 12.2. The summed E-state index contributed by atoms with van der Waals surface area (Å²) in [7, 11) is 1.95. The summed E-state index contributed by atoms with van der Waals surface area (Å²) in [6.07, 6.45) is 4.69. The van der Waals surface area contributed by atoms with Gasteiger partial charge in [0, 0.05) is 31.9 Å². The summed E-state index contributed by atoms with van der Waals surface area (Å²) < 4.78 is 7.40. The molecule has 1 atom stereocenters. The third kappa shape index (κ3) is 3.82. The first-order chi connectivity index (χ1) is 9.37. The van der Waals surface area contributed by atoms with E-state index in [1.807, 2.05) is 44.8 Å². The lowest BCUT2D eigenvalue weighted by molar-refractivity contribution is -0.160. The molecule has 2 rings (SSSR count). The van der Waals surface area contributed by atoms with E-state index in [0.29, 0.717) is 0 Å². The molecule has 0 radical (unpaired) electrons. The molecule has 5 nitrogen and oxygen atoms in total. The van der Waals surface area contributed by atoms with Crippen LogP contribution in [0.2, 0.25) is 0 Å². The van der Waals surface area contributed by atoms with Crippen molar-refractivity contribution >= 4 is 5.97 Å². The third-order valence-corrected chi connectivity index (χ3v) is 3.62. The van der Waals surface area contributed by atoms with Crippen LogP contribution in [0.1, 0.15) is 39.3 Å². The first kappa shape index (κ1) is 15.0. The van der Waals surface area contributed by atoms with Crippen molar-refractivity contribution in [1.29, 1.82) is 0 Å². The van der Waals surface area contributed by atoms with Gasteiger partial charge < -0.3 is 4.74 Å². The molecule has 0 saturated carbocycles. The van der Waals surface area contributed by atoms with Gasteiger partial charge in [-0.25, -0.2) is 0 Å². The van der Waals surface area contributed by atoms with Gasteiger partial charge in [0.15, 0.2) is 0 Å². The molecule has 1 fully saturated rings. The van der Waals surface area contributed by atoms with Gasteiger partial charge in [0.25, 0.3) is 0 Å². The summed E-state index contributed by atoms with van der Waals surface area (Å²) in [4.78, 5) is 14.5. The number of hydrogen-bond donors (Lipinski definition) is 0. The number of carbonyl (C=O) groups is 1. The summed E-state index contributed by atoms with van der Waals surface area (Å²) in [5, 5.41) is 4.17. The fourth-order valence-corrected chi connectivity index (χ4v) is 2.64. The van der Waals surface area contributed by atoms with Gasteiger partial charge in [0.1, 0.15) is 11.6 Å². The van der Waals surface area contributed by atoms with Crippen molar-refractivity contribution in [3.05, 3.63) is 18.0 Å². The van der Waals surface area contributed by atoms with E-state index in [0.717, 1.165) is 32.4 Å². The van der Waals surface area contributed by atoms with Gasteiger partial charge in [0.05, 0.1) is 0 Å². The number of rotatable bonds is 4. The number of ether oxygens (including phenoxy) is 1. The molecule has 1 aromatic rings. The Hall–Kier alpha value is -1.36. The van der Waals surface area contributed by atoms with E-state index in [4.69, 9.17) is 4.74 Å². The Labute approximate surface area is 120 Å². The Morgan fingerprint density at radius 2 is 2.25 bits per heavy atom. The quantitative estimate of drug-likeness (QED) is 0.788. The molecule has 1 aliphatic heterocycles. The maximum absolute atomic E-state index is 12.2. The smallest absolute Gasteiger partial charge is 0.323 e. The predicted octanol–water partition coefficient (Wildman–Crippen LogP) is 1.77. The highest BCUT2D eigenvalue weighted by atomic mass is 16.6. The van der Waals surface area contributed by atoms with Crippen LogP contribution in [0.3, 0.4) is 0 Å². The Bertz CT molecular complexity index is 462. The van der Waals surface area contributed by atoms with Crippen molar-refractivity contribution < 1.29 is 9.53 Å². The third-order valence-electron chi connectivity index (χ3n) is 3.62. The van der Waals surface area contributed by atoms with Crippen molar-refractivity contribution in [2.75, 3.05) is 13.1 Å². The molecule has 1 aromatic heterocycles. The topological polar surface area (TPSA) is 47.4 Å². The molecule has 0 aromatic carbocycles. The van der Waals surface area contributed by atoms with Crippen LogP contribution < -0.4 is 0 Å². The van der Waals surface area contributed by atoms with Gasteiger partial charge in [-0.1, -0.05) is 0 Å². The molecular weight excluding hydrogens is 254 g/mol. The van der Waals surface area contributed by atoms with E-state index in [2.05, 4.69) is 10.00 Å². The summed E-state index contributed by atoms with van der Waals surface area (Å²) >= 11 is 0. The van der Waals surface area contributed by atoms with E-state index in [1.54, 1.807) is 0 Å². The highest BCUT2D eigenvalue weighted by molar-refractivity contribution is 5.76. The minimum Gasteiger partial charge on any atom is -0.459 e. The average Bonchev–Trinajstić information content (AvgIpc) is 2.92. The number of carbonyl (C=O) groups excluding carboxylic acids is 1. The number of aryl methyl sites for hydroxylation is 1. The zero-order chi connectivity index (χ0) is 14.8. The molecule has 0 unspecified atom stereocenters. The molecule has 112 valence electrons. The fraction of sp³-hybridized carbons (Fsp3) is 0.733. The molecule has 20 heavy (non-hydrogen) atoms. The van der Waals surface area contributed by atoms with Crippen molar-refractivity contribution in [3.8, 4) is 0 Å². The molecule has 2 heterocycles. The van der Waals surface area contributed by atoms with E-state index < -0.39 is 5.60 Å². The molecule has 0 aliphatic carbocycles. The fourth-order valence-electron chi connectivity index (χ4n) is 2.64. The van der Waals surface area contributed by atoms with Crippen molar-refractivity contribution in [2.24, 2.45) is 7.05 Å². The Kier molecular flexibility index (Phi) is 4.48. The standard InChI is InChI=1S/C15H25N3O2/c1-15(2,3)20-14(19)13-6-5-10-18(13)11-8-12-7-9-16-17(12)4/h7,9,13H,5-6,8,10-11H2,1-4H3/t13-/m0/s1. The van der Waals surface area contributed by atoms with E-state index in [9.17, 15) is 4.79 Å². The highest BCUT2D eigenvalue weighted by Gasteiger charge is 2.33. The summed E-state index contributed by atoms with van der Waals surface area (Å²) in [6.45, 7) is 7.60.